The molecular weight excluding hydrogens is 200 g/mol. The van der Waals surface area contributed by atoms with Gasteiger partial charge in [0.1, 0.15) is 11.3 Å². The van der Waals surface area contributed by atoms with Crippen LogP contribution < -0.4 is 0 Å². The van der Waals surface area contributed by atoms with Crippen LogP contribution in [0, 0.1) is 0 Å². The second kappa shape index (κ2) is 7.00. The van der Waals surface area contributed by atoms with Crippen molar-refractivity contribution in [1.82, 2.24) is 0 Å². The molecule has 0 N–H and O–H groups in total. The number of allylic oxidation sites excluding steroid dienone is 1. The van der Waals surface area contributed by atoms with Crippen LogP contribution in [0.15, 0.2) is 11.3 Å². The first-order chi connectivity index (χ1) is 7.08. The van der Waals surface area contributed by atoms with Gasteiger partial charge in [-0.15, -0.1) is 0 Å². The van der Waals surface area contributed by atoms with Gasteiger partial charge in [-0.2, -0.15) is 0 Å². The van der Waals surface area contributed by atoms with E-state index in [1.54, 1.807) is 0 Å². The normalized spacial score (nSPS) is 11.7. The number of carbonyl (C=O) groups is 2. The smallest absolute Gasteiger partial charge is 0.344 e. The third-order valence-corrected chi connectivity index (χ3v) is 1.86. The molecule has 0 aromatic rings. The molecule has 0 fully saturated rings. The van der Waals surface area contributed by atoms with Crippen molar-refractivity contribution in [3.63, 3.8) is 0 Å². The van der Waals surface area contributed by atoms with Gasteiger partial charge in [-0.05, 0) is 6.92 Å². The van der Waals surface area contributed by atoms with E-state index in [0.29, 0.717) is 0 Å². The van der Waals surface area contributed by atoms with E-state index in [4.69, 9.17) is 9.47 Å². The monoisotopic (exact) mass is 216 g/mol. The summed E-state index contributed by atoms with van der Waals surface area (Å²) in [4.78, 5) is 22.9. The first-order valence-electron chi connectivity index (χ1n) is 4.43. The predicted octanol–water partition coefficient (Wildman–Crippen LogP) is 0.685. The van der Waals surface area contributed by atoms with Crippen LogP contribution in [0.2, 0.25) is 0 Å². The van der Waals surface area contributed by atoms with E-state index in [1.165, 1.54) is 28.3 Å². The Morgan fingerprint density at radius 1 is 1.07 bits per heavy atom. The molecule has 0 amide bonds. The van der Waals surface area contributed by atoms with E-state index in [-0.39, 0.29) is 30.1 Å². The molecule has 0 saturated carbocycles. The van der Waals surface area contributed by atoms with Crippen LogP contribution in [-0.4, -0.2) is 39.7 Å². The molecule has 0 heterocycles. The average molecular weight is 216 g/mol. The van der Waals surface area contributed by atoms with Crippen molar-refractivity contribution in [2.75, 3.05) is 27.9 Å². The predicted molar refractivity (Wildman–Crippen MR) is 53.2 cm³/mol. The van der Waals surface area contributed by atoms with E-state index < -0.39 is 5.97 Å². The van der Waals surface area contributed by atoms with Crippen LogP contribution >= 0.6 is 0 Å². The highest BCUT2D eigenvalue weighted by molar-refractivity contribution is 6.17. The molecule has 0 rings (SSSR count). The number of hydrogen-bond donors (Lipinski definition) is 0. The molecule has 86 valence electrons. The van der Waals surface area contributed by atoms with Crippen molar-refractivity contribution >= 4 is 11.8 Å². The number of carbonyl (C=O) groups excluding carboxylic acids is 2. The zero-order valence-corrected chi connectivity index (χ0v) is 9.46. The molecule has 5 heteroatoms. The summed E-state index contributed by atoms with van der Waals surface area (Å²) in [5.41, 5.74) is -0.0583. The van der Waals surface area contributed by atoms with E-state index in [0.717, 1.165) is 0 Å². The maximum absolute atomic E-state index is 11.6. The number of Topliss-reactive ketones (excluding diaryl/α,β-unsaturated/α-hetero) is 1. The summed E-state index contributed by atoms with van der Waals surface area (Å²) in [5, 5.41) is 0. The second-order valence-electron chi connectivity index (χ2n) is 2.79. The first kappa shape index (κ1) is 13.6. The Morgan fingerprint density at radius 2 is 1.67 bits per heavy atom. The molecule has 5 nitrogen and oxygen atoms in total. The fourth-order valence-corrected chi connectivity index (χ4v) is 0.978. The van der Waals surface area contributed by atoms with Crippen LogP contribution in [0.5, 0.6) is 0 Å². The highest BCUT2D eigenvalue weighted by Crippen LogP contribution is 2.10. The van der Waals surface area contributed by atoms with Gasteiger partial charge in [0.15, 0.2) is 5.78 Å². The Balaban J connectivity index is 4.80. The van der Waals surface area contributed by atoms with E-state index in [2.05, 4.69) is 4.74 Å². The minimum atomic E-state index is -0.685. The Kier molecular flexibility index (Phi) is 6.37. The van der Waals surface area contributed by atoms with Gasteiger partial charge in [0.25, 0.3) is 0 Å². The van der Waals surface area contributed by atoms with Crippen LogP contribution in [0.1, 0.15) is 13.3 Å². The Bertz CT molecular complexity index is 267. The summed E-state index contributed by atoms with van der Waals surface area (Å²) < 4.78 is 14.1. The lowest BCUT2D eigenvalue weighted by molar-refractivity contribution is -0.138. The molecule has 0 atom stereocenters. The summed E-state index contributed by atoms with van der Waals surface area (Å²) in [6.07, 6.45) is 0.127. The fourth-order valence-electron chi connectivity index (χ4n) is 0.978. The third kappa shape index (κ3) is 4.12. The minimum absolute atomic E-state index is 0.0583. The Morgan fingerprint density at radius 3 is 2.07 bits per heavy atom. The molecule has 0 unspecified atom stereocenters. The number of hydrogen-bond acceptors (Lipinski definition) is 5. The fraction of sp³-hybridized carbons (Fsp3) is 0.600. The lowest BCUT2D eigenvalue weighted by atomic mass is 10.1. The number of esters is 1. The topological polar surface area (TPSA) is 61.8 Å². The highest BCUT2D eigenvalue weighted by Gasteiger charge is 2.22. The molecule has 15 heavy (non-hydrogen) atoms. The van der Waals surface area contributed by atoms with Gasteiger partial charge >= 0.3 is 5.97 Å². The van der Waals surface area contributed by atoms with E-state index in [1.807, 2.05) is 0 Å². The lowest BCUT2D eigenvalue weighted by Gasteiger charge is -2.08. The first-order valence-corrected chi connectivity index (χ1v) is 4.43. The second-order valence-corrected chi connectivity index (χ2v) is 2.79. The quantitative estimate of drug-likeness (QED) is 0.215. The number of rotatable bonds is 6. The van der Waals surface area contributed by atoms with Gasteiger partial charge in [-0.25, -0.2) is 4.79 Å². The summed E-state index contributed by atoms with van der Waals surface area (Å²) in [6, 6.07) is 0. The third-order valence-electron chi connectivity index (χ3n) is 1.86. The van der Waals surface area contributed by atoms with Gasteiger partial charge < -0.3 is 14.2 Å². The van der Waals surface area contributed by atoms with Crippen LogP contribution in [-0.2, 0) is 23.8 Å². The van der Waals surface area contributed by atoms with Crippen molar-refractivity contribution in [3.8, 4) is 0 Å². The van der Waals surface area contributed by atoms with Gasteiger partial charge in [-0.1, -0.05) is 0 Å². The number of ether oxygens (including phenoxy) is 3. The van der Waals surface area contributed by atoms with Crippen molar-refractivity contribution in [3.05, 3.63) is 11.3 Å². The van der Waals surface area contributed by atoms with Crippen LogP contribution in [0.25, 0.3) is 0 Å². The van der Waals surface area contributed by atoms with Gasteiger partial charge in [0.05, 0.1) is 20.8 Å². The molecular formula is C10H16O5. The van der Waals surface area contributed by atoms with Gasteiger partial charge in [0.2, 0.25) is 0 Å². The maximum Gasteiger partial charge on any atom is 0.344 e. The molecule has 0 aliphatic carbocycles. The molecule has 0 aliphatic rings. The summed E-state index contributed by atoms with van der Waals surface area (Å²) in [6.45, 7) is 1.80. The lowest BCUT2D eigenvalue weighted by Crippen LogP contribution is -2.18. The van der Waals surface area contributed by atoms with Crippen LogP contribution in [0.4, 0.5) is 0 Å². The van der Waals surface area contributed by atoms with Crippen molar-refractivity contribution in [1.29, 1.82) is 0 Å². The molecule has 0 aromatic carbocycles. The average Bonchev–Trinajstić information content (AvgIpc) is 2.25. The minimum Gasteiger partial charge on any atom is -0.500 e. The van der Waals surface area contributed by atoms with Gasteiger partial charge in [-0.3, -0.25) is 4.79 Å². The summed E-state index contributed by atoms with van der Waals surface area (Å²) in [5.74, 6) is -0.776. The molecule has 0 aliphatic heterocycles. The largest absolute Gasteiger partial charge is 0.500 e. The molecule has 0 bridgehead atoms. The van der Waals surface area contributed by atoms with Gasteiger partial charge in [0, 0.05) is 13.5 Å². The van der Waals surface area contributed by atoms with E-state index >= 15 is 0 Å². The molecule has 0 radical (unpaired) electrons. The van der Waals surface area contributed by atoms with Crippen molar-refractivity contribution in [2.45, 2.75) is 13.3 Å². The Labute approximate surface area is 89.0 Å². The molecule has 0 saturated heterocycles. The number of ketones is 1. The van der Waals surface area contributed by atoms with Crippen molar-refractivity contribution < 1.29 is 23.8 Å². The summed E-state index contributed by atoms with van der Waals surface area (Å²) in [7, 11) is 4.09. The maximum atomic E-state index is 11.6. The zero-order chi connectivity index (χ0) is 11.8. The highest BCUT2D eigenvalue weighted by atomic mass is 16.5. The number of methoxy groups -OCH3 is 3. The SMILES string of the molecule is COCCC(=O)/C(C(=O)OC)=C(\C)OC. The van der Waals surface area contributed by atoms with Crippen molar-refractivity contribution in [2.24, 2.45) is 0 Å². The summed E-state index contributed by atoms with van der Waals surface area (Å²) >= 11 is 0. The van der Waals surface area contributed by atoms with E-state index in [9.17, 15) is 9.59 Å². The standard InChI is InChI=1S/C10H16O5/c1-7(14-3)9(10(12)15-4)8(11)5-6-13-2/h5-6H2,1-4H3/b9-7-. The molecule has 0 aromatic heterocycles. The van der Waals surface area contributed by atoms with Crippen LogP contribution in [0.3, 0.4) is 0 Å². The molecule has 0 spiro atoms. The Hall–Kier alpha value is -1.36. The zero-order valence-electron chi connectivity index (χ0n) is 9.46.